The summed E-state index contributed by atoms with van der Waals surface area (Å²) in [6.07, 6.45) is -4.74. The van der Waals surface area contributed by atoms with Crippen molar-refractivity contribution in [1.29, 1.82) is 0 Å². The van der Waals surface area contributed by atoms with Crippen molar-refractivity contribution in [1.82, 2.24) is 15.0 Å². The number of carbonyl (C=O) groups is 1. The molecule has 0 atom stereocenters. The van der Waals surface area contributed by atoms with Crippen LogP contribution in [0.1, 0.15) is 21.7 Å². The smallest absolute Gasteiger partial charge is 0.476 e. The van der Waals surface area contributed by atoms with E-state index in [1.54, 1.807) is 0 Å². The normalized spacial score (nSPS) is 11.4. The Morgan fingerprint density at radius 2 is 1.90 bits per heavy atom. The van der Waals surface area contributed by atoms with Crippen LogP contribution in [0.3, 0.4) is 0 Å². The second kappa shape index (κ2) is 5.43. The number of hydrogen-bond acceptors (Lipinski definition) is 4. The second-order valence-electron chi connectivity index (χ2n) is 4.16. The summed E-state index contributed by atoms with van der Waals surface area (Å²) in [6.45, 7) is 1.65. The van der Waals surface area contributed by atoms with Gasteiger partial charge in [-0.25, -0.2) is 4.79 Å². The zero-order valence-corrected chi connectivity index (χ0v) is 10.8. The first-order valence-electron chi connectivity index (χ1n) is 5.74. The Balaban J connectivity index is 2.10. The number of nitrogens with zero attached hydrogens (tertiary/aromatic N) is 3. The van der Waals surface area contributed by atoms with E-state index in [0.29, 0.717) is 5.56 Å². The molecule has 1 aromatic carbocycles. The van der Waals surface area contributed by atoms with Gasteiger partial charge in [-0.3, -0.25) is 0 Å². The van der Waals surface area contributed by atoms with Gasteiger partial charge in [0, 0.05) is 0 Å². The summed E-state index contributed by atoms with van der Waals surface area (Å²) in [5.41, 5.74) is 0.711. The Labute approximate surface area is 116 Å². The van der Waals surface area contributed by atoms with Gasteiger partial charge < -0.3 is 9.84 Å². The van der Waals surface area contributed by atoms with Gasteiger partial charge in [-0.2, -0.15) is 9.90 Å². The van der Waals surface area contributed by atoms with Crippen molar-refractivity contribution < 1.29 is 27.8 Å². The van der Waals surface area contributed by atoms with Gasteiger partial charge in [-0.15, -0.1) is 18.3 Å². The highest BCUT2D eigenvalue weighted by Crippen LogP contribution is 2.22. The second-order valence-corrected chi connectivity index (χ2v) is 4.16. The van der Waals surface area contributed by atoms with E-state index >= 15 is 0 Å². The number of carboxylic acids is 1. The van der Waals surface area contributed by atoms with Crippen molar-refractivity contribution >= 4 is 5.97 Å². The van der Waals surface area contributed by atoms with E-state index in [1.807, 2.05) is 0 Å². The van der Waals surface area contributed by atoms with E-state index in [-0.39, 0.29) is 23.7 Å². The predicted molar refractivity (Wildman–Crippen MR) is 63.9 cm³/mol. The number of aryl methyl sites for hydroxylation is 1. The van der Waals surface area contributed by atoms with Gasteiger partial charge in [0.2, 0.25) is 0 Å². The van der Waals surface area contributed by atoms with E-state index in [0.717, 1.165) is 12.1 Å². The van der Waals surface area contributed by atoms with Crippen LogP contribution >= 0.6 is 0 Å². The average Bonchev–Trinajstić information content (AvgIpc) is 2.71. The van der Waals surface area contributed by atoms with Crippen LogP contribution in [0.5, 0.6) is 5.75 Å². The zero-order chi connectivity index (χ0) is 15.6. The van der Waals surface area contributed by atoms with Crippen LogP contribution < -0.4 is 4.74 Å². The average molecular weight is 301 g/mol. The highest BCUT2D eigenvalue weighted by Gasteiger charge is 2.30. The van der Waals surface area contributed by atoms with E-state index in [2.05, 4.69) is 14.9 Å². The van der Waals surface area contributed by atoms with Crippen molar-refractivity contribution in [3.8, 4) is 5.75 Å². The van der Waals surface area contributed by atoms with Crippen LogP contribution in [-0.2, 0) is 6.54 Å². The van der Waals surface area contributed by atoms with Gasteiger partial charge in [0.1, 0.15) is 5.75 Å². The maximum Gasteiger partial charge on any atom is 0.573 e. The summed E-state index contributed by atoms with van der Waals surface area (Å²) in [6, 6.07) is 5.16. The molecule has 0 unspecified atom stereocenters. The van der Waals surface area contributed by atoms with E-state index in [1.165, 1.54) is 23.9 Å². The first-order chi connectivity index (χ1) is 9.74. The molecule has 0 saturated heterocycles. The minimum absolute atomic E-state index is 0.139. The molecule has 0 fully saturated rings. The van der Waals surface area contributed by atoms with E-state index in [4.69, 9.17) is 5.11 Å². The summed E-state index contributed by atoms with van der Waals surface area (Å²) < 4.78 is 39.8. The fraction of sp³-hybridized carbons (Fsp3) is 0.250. The molecule has 9 heteroatoms. The summed E-state index contributed by atoms with van der Waals surface area (Å²) in [5, 5.41) is 16.6. The van der Waals surface area contributed by atoms with E-state index < -0.39 is 12.3 Å². The number of alkyl halides is 3. The Morgan fingerprint density at radius 3 is 2.38 bits per heavy atom. The third-order valence-electron chi connectivity index (χ3n) is 2.51. The molecule has 1 aromatic heterocycles. The van der Waals surface area contributed by atoms with Gasteiger partial charge in [0.15, 0.2) is 5.69 Å². The molecule has 0 aliphatic heterocycles. The number of ether oxygens (including phenoxy) is 1. The molecule has 112 valence electrons. The monoisotopic (exact) mass is 301 g/mol. The number of halogens is 3. The van der Waals surface area contributed by atoms with E-state index in [9.17, 15) is 18.0 Å². The third kappa shape index (κ3) is 3.94. The molecule has 1 heterocycles. The molecular formula is C12H10F3N3O3. The number of rotatable bonds is 4. The van der Waals surface area contributed by atoms with Crippen LogP contribution in [0.2, 0.25) is 0 Å². The lowest BCUT2D eigenvalue weighted by atomic mass is 10.2. The van der Waals surface area contributed by atoms with Crippen molar-refractivity contribution in [3.05, 3.63) is 41.2 Å². The molecule has 0 amide bonds. The van der Waals surface area contributed by atoms with Crippen molar-refractivity contribution in [2.45, 2.75) is 19.8 Å². The molecule has 1 N–H and O–H groups in total. The lowest BCUT2D eigenvalue weighted by Crippen LogP contribution is -2.17. The van der Waals surface area contributed by atoms with Crippen molar-refractivity contribution in [2.24, 2.45) is 0 Å². The van der Waals surface area contributed by atoms with Crippen LogP contribution in [0.15, 0.2) is 24.3 Å². The fourth-order valence-corrected chi connectivity index (χ4v) is 1.66. The highest BCUT2D eigenvalue weighted by atomic mass is 19.4. The molecular weight excluding hydrogens is 291 g/mol. The molecule has 0 aliphatic carbocycles. The SMILES string of the molecule is Cc1nn(Cc2ccc(OC(F)(F)F)cc2)nc1C(=O)O. The summed E-state index contributed by atoms with van der Waals surface area (Å²) in [7, 11) is 0. The standard InChI is InChI=1S/C12H10F3N3O3/c1-7-10(11(19)20)17-18(16-7)6-8-2-4-9(5-3-8)21-12(13,14)15/h2-5H,6H2,1H3,(H,19,20). The number of carboxylic acid groups (broad SMARTS) is 1. The van der Waals surface area contributed by atoms with Crippen LogP contribution in [-0.4, -0.2) is 32.4 Å². The Hall–Kier alpha value is -2.58. The predicted octanol–water partition coefficient (Wildman–Crippen LogP) is 2.23. The summed E-state index contributed by atoms with van der Waals surface area (Å²) >= 11 is 0. The molecule has 21 heavy (non-hydrogen) atoms. The summed E-state index contributed by atoms with van der Waals surface area (Å²) in [5.74, 6) is -1.52. The molecule has 0 saturated carbocycles. The highest BCUT2D eigenvalue weighted by molar-refractivity contribution is 5.86. The number of aromatic carboxylic acids is 1. The Morgan fingerprint density at radius 1 is 1.29 bits per heavy atom. The minimum Gasteiger partial charge on any atom is -0.476 e. The number of hydrogen-bond donors (Lipinski definition) is 1. The van der Waals surface area contributed by atoms with Crippen molar-refractivity contribution in [2.75, 3.05) is 0 Å². The molecule has 2 aromatic rings. The van der Waals surface area contributed by atoms with Gasteiger partial charge >= 0.3 is 12.3 Å². The fourth-order valence-electron chi connectivity index (χ4n) is 1.66. The zero-order valence-electron chi connectivity index (χ0n) is 10.8. The molecule has 0 spiro atoms. The molecule has 0 aliphatic rings. The Kier molecular flexibility index (Phi) is 3.83. The minimum atomic E-state index is -4.74. The van der Waals surface area contributed by atoms with Gasteiger partial charge in [-0.05, 0) is 24.6 Å². The van der Waals surface area contributed by atoms with Crippen LogP contribution in [0.4, 0.5) is 13.2 Å². The lowest BCUT2D eigenvalue weighted by Gasteiger charge is -2.09. The largest absolute Gasteiger partial charge is 0.573 e. The van der Waals surface area contributed by atoms with Gasteiger partial charge in [0.25, 0.3) is 0 Å². The van der Waals surface area contributed by atoms with Gasteiger partial charge in [0.05, 0.1) is 12.2 Å². The molecule has 2 rings (SSSR count). The molecule has 6 nitrogen and oxygen atoms in total. The van der Waals surface area contributed by atoms with Crippen LogP contribution in [0, 0.1) is 6.92 Å². The quantitative estimate of drug-likeness (QED) is 0.937. The molecule has 0 radical (unpaired) electrons. The number of benzene rings is 1. The van der Waals surface area contributed by atoms with Gasteiger partial charge in [-0.1, -0.05) is 12.1 Å². The molecule has 0 bridgehead atoms. The number of aromatic nitrogens is 3. The first-order valence-corrected chi connectivity index (χ1v) is 5.74. The lowest BCUT2D eigenvalue weighted by molar-refractivity contribution is -0.274. The Bertz CT molecular complexity index is 650. The first kappa shape index (κ1) is 14.8. The van der Waals surface area contributed by atoms with Crippen molar-refractivity contribution in [3.63, 3.8) is 0 Å². The summed E-state index contributed by atoms with van der Waals surface area (Å²) in [4.78, 5) is 12.0. The maximum atomic E-state index is 12.0. The third-order valence-corrected chi connectivity index (χ3v) is 2.51. The topological polar surface area (TPSA) is 77.2 Å². The maximum absolute atomic E-state index is 12.0. The van der Waals surface area contributed by atoms with Crippen LogP contribution in [0.25, 0.3) is 0 Å².